The van der Waals surface area contributed by atoms with Gasteiger partial charge in [0.05, 0.1) is 18.4 Å². The van der Waals surface area contributed by atoms with Crippen molar-refractivity contribution in [3.05, 3.63) is 41.1 Å². The number of anilines is 1. The molecule has 0 unspecified atom stereocenters. The topological polar surface area (TPSA) is 115 Å². The standard InChI is InChI=1S/C24H26N6O3/c1-12(13-3-4-13)29-11-15-9-14(10-18(33-2)19(15)24(29)32)17-7-8-30-22(27-17)20(21(25)28-30)23(31)26-16-5-6-16/h7-10,12-13,16H,3-6,11H2,1-2H3,(H2,25,28)(H,26,31)/t12-/m0/s1. The molecule has 0 radical (unpaired) electrons. The number of methoxy groups -OCH3 is 1. The van der Waals surface area contributed by atoms with E-state index in [4.69, 9.17) is 15.5 Å². The maximum Gasteiger partial charge on any atom is 0.259 e. The fourth-order valence-corrected chi connectivity index (χ4v) is 4.72. The van der Waals surface area contributed by atoms with Crippen molar-refractivity contribution in [3.63, 3.8) is 0 Å². The summed E-state index contributed by atoms with van der Waals surface area (Å²) < 4.78 is 7.14. The first-order valence-corrected chi connectivity index (χ1v) is 11.4. The molecule has 33 heavy (non-hydrogen) atoms. The number of hydrogen-bond acceptors (Lipinski definition) is 6. The summed E-state index contributed by atoms with van der Waals surface area (Å²) in [6, 6.07) is 6.08. The van der Waals surface area contributed by atoms with Crippen LogP contribution in [0, 0.1) is 5.92 Å². The SMILES string of the molecule is COc1cc(-c2ccn3nc(N)c(C(=O)NC4CC4)c3n2)cc2c1C(=O)N([C@@H](C)C1CC1)C2. The van der Waals surface area contributed by atoms with Crippen molar-refractivity contribution >= 4 is 23.3 Å². The van der Waals surface area contributed by atoms with Gasteiger partial charge in [-0.3, -0.25) is 9.59 Å². The molecule has 9 heteroatoms. The van der Waals surface area contributed by atoms with Crippen molar-refractivity contribution in [2.24, 2.45) is 5.92 Å². The van der Waals surface area contributed by atoms with Gasteiger partial charge in [-0.2, -0.15) is 0 Å². The second-order valence-electron chi connectivity index (χ2n) is 9.31. The fourth-order valence-electron chi connectivity index (χ4n) is 4.72. The summed E-state index contributed by atoms with van der Waals surface area (Å²) in [5, 5.41) is 7.20. The molecule has 6 rings (SSSR count). The number of nitrogens with one attached hydrogen (secondary N) is 1. The van der Waals surface area contributed by atoms with Crippen molar-refractivity contribution in [2.75, 3.05) is 12.8 Å². The van der Waals surface area contributed by atoms with Crippen LogP contribution in [0.3, 0.4) is 0 Å². The first-order valence-electron chi connectivity index (χ1n) is 11.4. The average Bonchev–Trinajstić information content (AvgIpc) is 3.73. The van der Waals surface area contributed by atoms with E-state index in [1.807, 2.05) is 23.1 Å². The lowest BCUT2D eigenvalue weighted by Gasteiger charge is -2.24. The minimum Gasteiger partial charge on any atom is -0.496 e. The van der Waals surface area contributed by atoms with E-state index >= 15 is 0 Å². The van der Waals surface area contributed by atoms with Crippen LogP contribution in [0.4, 0.5) is 5.82 Å². The summed E-state index contributed by atoms with van der Waals surface area (Å²) in [5.41, 5.74) is 9.78. The van der Waals surface area contributed by atoms with Gasteiger partial charge in [0.2, 0.25) is 0 Å². The summed E-state index contributed by atoms with van der Waals surface area (Å²) in [6.45, 7) is 2.69. The number of carbonyl (C=O) groups is 2. The molecule has 2 aromatic heterocycles. The highest BCUT2D eigenvalue weighted by molar-refractivity contribution is 6.05. The Morgan fingerprint density at radius 3 is 2.76 bits per heavy atom. The number of nitrogens with zero attached hydrogens (tertiary/aromatic N) is 4. The van der Waals surface area contributed by atoms with Gasteiger partial charge >= 0.3 is 0 Å². The van der Waals surface area contributed by atoms with Gasteiger partial charge in [-0.15, -0.1) is 5.10 Å². The van der Waals surface area contributed by atoms with Gasteiger partial charge in [0.1, 0.15) is 11.3 Å². The zero-order chi connectivity index (χ0) is 22.9. The molecule has 1 aromatic carbocycles. The molecule has 3 N–H and O–H groups in total. The van der Waals surface area contributed by atoms with E-state index in [0.717, 1.165) is 24.0 Å². The van der Waals surface area contributed by atoms with Crippen LogP contribution in [-0.2, 0) is 6.54 Å². The van der Waals surface area contributed by atoms with Crippen molar-refractivity contribution in [3.8, 4) is 17.0 Å². The Balaban J connectivity index is 1.40. The van der Waals surface area contributed by atoms with Crippen LogP contribution >= 0.6 is 0 Å². The van der Waals surface area contributed by atoms with Crippen LogP contribution in [0.5, 0.6) is 5.75 Å². The number of fused-ring (bicyclic) bond motifs is 2. The summed E-state index contributed by atoms with van der Waals surface area (Å²) >= 11 is 0. The highest BCUT2D eigenvalue weighted by atomic mass is 16.5. The van der Waals surface area contributed by atoms with Gasteiger partial charge in [0.15, 0.2) is 11.5 Å². The highest BCUT2D eigenvalue weighted by Crippen LogP contribution is 2.41. The zero-order valence-electron chi connectivity index (χ0n) is 18.7. The van der Waals surface area contributed by atoms with E-state index < -0.39 is 0 Å². The van der Waals surface area contributed by atoms with E-state index in [2.05, 4.69) is 17.3 Å². The first kappa shape index (κ1) is 20.0. The Morgan fingerprint density at radius 2 is 2.06 bits per heavy atom. The molecule has 2 fully saturated rings. The predicted molar refractivity (Wildman–Crippen MR) is 122 cm³/mol. The maximum absolute atomic E-state index is 13.1. The summed E-state index contributed by atoms with van der Waals surface area (Å²) in [7, 11) is 1.58. The van der Waals surface area contributed by atoms with Crippen LogP contribution in [0.1, 0.15) is 58.9 Å². The van der Waals surface area contributed by atoms with Gasteiger partial charge in [-0.1, -0.05) is 0 Å². The largest absolute Gasteiger partial charge is 0.496 e. The minimum atomic E-state index is -0.253. The molecule has 9 nitrogen and oxygen atoms in total. The van der Waals surface area contributed by atoms with Gasteiger partial charge in [0, 0.05) is 30.4 Å². The monoisotopic (exact) mass is 446 g/mol. The molecule has 1 atom stereocenters. The van der Waals surface area contributed by atoms with Gasteiger partial charge in [-0.05, 0) is 62.3 Å². The van der Waals surface area contributed by atoms with Crippen molar-refractivity contribution < 1.29 is 14.3 Å². The van der Waals surface area contributed by atoms with Crippen LogP contribution in [0.2, 0.25) is 0 Å². The fraction of sp³-hybridized carbons (Fsp3) is 0.417. The molecule has 0 saturated heterocycles. The normalized spacial score (nSPS) is 18.5. The molecule has 3 aromatic rings. The lowest BCUT2D eigenvalue weighted by Crippen LogP contribution is -2.34. The molecule has 0 bridgehead atoms. The lowest BCUT2D eigenvalue weighted by molar-refractivity contribution is 0.0695. The van der Waals surface area contributed by atoms with E-state index in [1.165, 1.54) is 17.4 Å². The number of amides is 2. The van der Waals surface area contributed by atoms with Crippen LogP contribution in [-0.4, -0.2) is 50.5 Å². The number of ether oxygens (including phenoxy) is 1. The molecular weight excluding hydrogens is 420 g/mol. The van der Waals surface area contributed by atoms with E-state index in [9.17, 15) is 9.59 Å². The van der Waals surface area contributed by atoms with Crippen LogP contribution in [0.15, 0.2) is 24.4 Å². The number of hydrogen-bond donors (Lipinski definition) is 2. The van der Waals surface area contributed by atoms with E-state index in [-0.39, 0.29) is 35.3 Å². The number of aromatic nitrogens is 3. The molecule has 0 spiro atoms. The quantitative estimate of drug-likeness (QED) is 0.602. The molecular formula is C24H26N6O3. The Hall–Kier alpha value is -3.62. The van der Waals surface area contributed by atoms with E-state index in [0.29, 0.717) is 35.1 Å². The third-order valence-corrected chi connectivity index (χ3v) is 6.96. The number of carbonyl (C=O) groups excluding carboxylic acids is 2. The molecule has 3 aliphatic rings. The molecule has 1 aliphatic heterocycles. The summed E-state index contributed by atoms with van der Waals surface area (Å²) in [6.07, 6.45) is 6.06. The molecule has 3 heterocycles. The van der Waals surface area contributed by atoms with Gasteiger partial charge in [-0.25, -0.2) is 9.50 Å². The average molecular weight is 447 g/mol. The second-order valence-corrected chi connectivity index (χ2v) is 9.31. The third-order valence-electron chi connectivity index (χ3n) is 6.96. The molecule has 2 amide bonds. The molecule has 2 saturated carbocycles. The second kappa shape index (κ2) is 7.19. The van der Waals surface area contributed by atoms with Gasteiger partial charge in [0.25, 0.3) is 11.8 Å². The van der Waals surface area contributed by atoms with Crippen LogP contribution < -0.4 is 15.8 Å². The molecule has 2 aliphatic carbocycles. The number of nitrogen functional groups attached to an aromatic ring is 1. The maximum atomic E-state index is 13.1. The number of nitrogens with two attached hydrogens (primary N) is 1. The minimum absolute atomic E-state index is 0.0267. The Labute approximate surface area is 190 Å². The third kappa shape index (κ3) is 3.30. The summed E-state index contributed by atoms with van der Waals surface area (Å²) in [5.74, 6) is 1.06. The Bertz CT molecular complexity index is 1310. The summed E-state index contributed by atoms with van der Waals surface area (Å²) in [4.78, 5) is 32.6. The number of rotatable bonds is 6. The van der Waals surface area contributed by atoms with Crippen molar-refractivity contribution in [1.29, 1.82) is 0 Å². The van der Waals surface area contributed by atoms with Crippen molar-refractivity contribution in [2.45, 2.75) is 51.2 Å². The van der Waals surface area contributed by atoms with Crippen LogP contribution in [0.25, 0.3) is 16.9 Å². The smallest absolute Gasteiger partial charge is 0.259 e. The Morgan fingerprint density at radius 1 is 1.27 bits per heavy atom. The van der Waals surface area contributed by atoms with Crippen molar-refractivity contribution in [1.82, 2.24) is 24.8 Å². The van der Waals surface area contributed by atoms with Gasteiger partial charge < -0.3 is 20.7 Å². The highest BCUT2D eigenvalue weighted by Gasteiger charge is 2.40. The first-order chi connectivity index (χ1) is 15.9. The predicted octanol–water partition coefficient (Wildman–Crippen LogP) is 2.63. The number of benzene rings is 1. The Kier molecular flexibility index (Phi) is 4.36. The molecule has 170 valence electrons. The lowest BCUT2D eigenvalue weighted by atomic mass is 10.0. The van der Waals surface area contributed by atoms with E-state index in [1.54, 1.807) is 13.3 Å². The zero-order valence-corrected chi connectivity index (χ0v) is 18.7.